The second kappa shape index (κ2) is 12.3. The average molecular weight is 159 g/mol. The predicted molar refractivity (Wildman–Crippen MR) is 50.7 cm³/mol. The van der Waals surface area contributed by atoms with Crippen molar-refractivity contribution in [1.29, 1.82) is 0 Å². The van der Waals surface area contributed by atoms with Crippen LogP contribution < -0.4 is 5.32 Å². The number of allylic oxidation sites excluding steroid dienone is 1. The number of hydrogen-bond donors (Lipinski definition) is 2. The van der Waals surface area contributed by atoms with Crippen LogP contribution in [0.3, 0.4) is 0 Å². The van der Waals surface area contributed by atoms with Crippen molar-refractivity contribution in [1.82, 2.24) is 5.32 Å². The van der Waals surface area contributed by atoms with E-state index in [-0.39, 0.29) is 12.6 Å². The Bertz CT molecular complexity index is 77.6. The molecule has 0 aromatic carbocycles. The normalized spacial score (nSPS) is 12.5. The summed E-state index contributed by atoms with van der Waals surface area (Å²) in [5, 5.41) is 11.6. The Morgan fingerprint density at radius 1 is 1.45 bits per heavy atom. The second-order valence-electron chi connectivity index (χ2n) is 1.91. The fourth-order valence-electron chi connectivity index (χ4n) is 0.549. The molecule has 0 aromatic heterocycles. The summed E-state index contributed by atoms with van der Waals surface area (Å²) in [5.41, 5.74) is 0. The van der Waals surface area contributed by atoms with Crippen molar-refractivity contribution in [2.75, 3.05) is 13.7 Å². The molecule has 2 nitrogen and oxygen atoms in total. The Balaban J connectivity index is 0. The molecule has 1 atom stereocenters. The van der Waals surface area contributed by atoms with Gasteiger partial charge in [0.2, 0.25) is 0 Å². The zero-order valence-corrected chi connectivity index (χ0v) is 8.09. The molecule has 0 heterocycles. The first-order valence-electron chi connectivity index (χ1n) is 4.30. The van der Waals surface area contributed by atoms with Crippen LogP contribution in [0.5, 0.6) is 0 Å². The first-order valence-corrected chi connectivity index (χ1v) is 4.30. The maximum absolute atomic E-state index is 8.64. The monoisotopic (exact) mass is 159 g/mol. The van der Waals surface area contributed by atoms with E-state index in [1.54, 1.807) is 0 Å². The van der Waals surface area contributed by atoms with Gasteiger partial charge in [-0.05, 0) is 13.5 Å². The third-order valence-corrected chi connectivity index (χ3v) is 1.17. The fraction of sp³-hybridized carbons (Fsp3) is 0.778. The number of aliphatic hydroxyl groups excluding tert-OH is 1. The molecular formula is C9H21NO. The standard InChI is InChI=1S/C7H15NO.C2H6/c1-3-4-5-7(6-9)8-2;1-2/h4-5,7-9H,3,6H2,1-2H3;1-2H3/b5-4-;. The van der Waals surface area contributed by atoms with Crippen LogP contribution in [0.25, 0.3) is 0 Å². The van der Waals surface area contributed by atoms with Crippen LogP contribution in [-0.2, 0) is 0 Å². The third-order valence-electron chi connectivity index (χ3n) is 1.17. The SMILES string of the molecule is CC.CC/C=C\C(CO)NC. The number of nitrogens with one attached hydrogen (secondary N) is 1. The lowest BCUT2D eigenvalue weighted by atomic mass is 10.2. The Kier molecular flexibility index (Phi) is 14.9. The van der Waals surface area contributed by atoms with Gasteiger partial charge in [-0.15, -0.1) is 0 Å². The molecule has 0 fully saturated rings. The summed E-state index contributed by atoms with van der Waals surface area (Å²) < 4.78 is 0. The molecule has 68 valence electrons. The van der Waals surface area contributed by atoms with E-state index in [0.717, 1.165) is 6.42 Å². The summed E-state index contributed by atoms with van der Waals surface area (Å²) >= 11 is 0. The van der Waals surface area contributed by atoms with Gasteiger partial charge in [0, 0.05) is 6.04 Å². The molecule has 11 heavy (non-hydrogen) atoms. The summed E-state index contributed by atoms with van der Waals surface area (Å²) in [6.45, 7) is 6.24. The van der Waals surface area contributed by atoms with Crippen LogP contribution in [0.15, 0.2) is 12.2 Å². The first-order chi connectivity index (χ1) is 5.35. The van der Waals surface area contributed by atoms with Crippen molar-refractivity contribution in [2.24, 2.45) is 0 Å². The van der Waals surface area contributed by atoms with Gasteiger partial charge in [-0.3, -0.25) is 0 Å². The number of aliphatic hydroxyl groups is 1. The lowest BCUT2D eigenvalue weighted by Crippen LogP contribution is -2.26. The van der Waals surface area contributed by atoms with Crippen LogP contribution >= 0.6 is 0 Å². The number of likely N-dealkylation sites (N-methyl/N-ethyl adjacent to an activating group) is 1. The molecule has 0 rings (SSSR count). The summed E-state index contributed by atoms with van der Waals surface area (Å²) in [5.74, 6) is 0. The Hall–Kier alpha value is -0.340. The summed E-state index contributed by atoms with van der Waals surface area (Å²) in [7, 11) is 1.83. The highest BCUT2D eigenvalue weighted by atomic mass is 16.3. The van der Waals surface area contributed by atoms with Gasteiger partial charge in [-0.25, -0.2) is 0 Å². The van der Waals surface area contributed by atoms with E-state index in [0.29, 0.717) is 0 Å². The summed E-state index contributed by atoms with van der Waals surface area (Å²) in [4.78, 5) is 0. The highest BCUT2D eigenvalue weighted by Gasteiger charge is 1.94. The molecule has 0 saturated heterocycles. The van der Waals surface area contributed by atoms with Crippen molar-refractivity contribution in [3.8, 4) is 0 Å². The van der Waals surface area contributed by atoms with E-state index in [1.807, 2.05) is 33.0 Å². The van der Waals surface area contributed by atoms with Crippen molar-refractivity contribution in [3.63, 3.8) is 0 Å². The molecule has 0 aliphatic heterocycles. The minimum atomic E-state index is 0.130. The Morgan fingerprint density at radius 2 is 2.00 bits per heavy atom. The van der Waals surface area contributed by atoms with Gasteiger partial charge in [0.25, 0.3) is 0 Å². The molecule has 0 aromatic rings. The van der Waals surface area contributed by atoms with Crippen LogP contribution in [0, 0.1) is 0 Å². The maximum atomic E-state index is 8.64. The Morgan fingerprint density at radius 3 is 2.27 bits per heavy atom. The van der Waals surface area contributed by atoms with E-state index in [9.17, 15) is 0 Å². The van der Waals surface area contributed by atoms with Gasteiger partial charge in [0.15, 0.2) is 0 Å². The lowest BCUT2D eigenvalue weighted by molar-refractivity contribution is 0.270. The Labute approximate surface area is 70.3 Å². The number of rotatable bonds is 4. The molecule has 0 spiro atoms. The van der Waals surface area contributed by atoms with Gasteiger partial charge >= 0.3 is 0 Å². The summed E-state index contributed by atoms with van der Waals surface area (Å²) in [6, 6.07) is 0.130. The summed E-state index contributed by atoms with van der Waals surface area (Å²) in [6.07, 6.45) is 5.04. The van der Waals surface area contributed by atoms with Crippen molar-refractivity contribution in [3.05, 3.63) is 12.2 Å². The quantitative estimate of drug-likeness (QED) is 0.610. The van der Waals surface area contributed by atoms with Crippen LogP contribution in [0.2, 0.25) is 0 Å². The molecule has 0 radical (unpaired) electrons. The van der Waals surface area contributed by atoms with Gasteiger partial charge in [-0.1, -0.05) is 32.9 Å². The molecule has 0 aliphatic rings. The average Bonchev–Trinajstić information content (AvgIpc) is 2.10. The van der Waals surface area contributed by atoms with Crippen LogP contribution in [-0.4, -0.2) is 24.8 Å². The van der Waals surface area contributed by atoms with E-state index in [4.69, 9.17) is 5.11 Å². The van der Waals surface area contributed by atoms with Crippen molar-refractivity contribution in [2.45, 2.75) is 33.2 Å². The van der Waals surface area contributed by atoms with Gasteiger partial charge in [0.1, 0.15) is 0 Å². The first kappa shape index (κ1) is 13.3. The van der Waals surface area contributed by atoms with E-state index < -0.39 is 0 Å². The molecule has 0 saturated carbocycles. The van der Waals surface area contributed by atoms with Crippen LogP contribution in [0.4, 0.5) is 0 Å². The van der Waals surface area contributed by atoms with Gasteiger partial charge in [0.05, 0.1) is 6.61 Å². The zero-order chi connectivity index (χ0) is 9.11. The molecule has 0 bridgehead atoms. The third kappa shape index (κ3) is 9.66. The molecule has 2 N–H and O–H groups in total. The maximum Gasteiger partial charge on any atom is 0.0620 e. The molecule has 0 amide bonds. The van der Waals surface area contributed by atoms with Crippen LogP contribution in [0.1, 0.15) is 27.2 Å². The van der Waals surface area contributed by atoms with E-state index in [1.165, 1.54) is 0 Å². The van der Waals surface area contributed by atoms with Gasteiger partial charge < -0.3 is 10.4 Å². The number of hydrogen-bond acceptors (Lipinski definition) is 2. The minimum absolute atomic E-state index is 0.130. The molecule has 0 aliphatic carbocycles. The second-order valence-corrected chi connectivity index (χ2v) is 1.91. The molecular weight excluding hydrogens is 138 g/mol. The van der Waals surface area contributed by atoms with Gasteiger partial charge in [-0.2, -0.15) is 0 Å². The molecule has 1 unspecified atom stereocenters. The predicted octanol–water partition coefficient (Wildman–Crippen LogP) is 1.56. The zero-order valence-electron chi connectivity index (χ0n) is 8.09. The van der Waals surface area contributed by atoms with Crippen molar-refractivity contribution >= 4 is 0 Å². The highest BCUT2D eigenvalue weighted by molar-refractivity contribution is 4.91. The van der Waals surface area contributed by atoms with Crippen molar-refractivity contribution < 1.29 is 5.11 Å². The largest absolute Gasteiger partial charge is 0.394 e. The smallest absolute Gasteiger partial charge is 0.0620 e. The molecule has 2 heteroatoms. The van der Waals surface area contributed by atoms with E-state index in [2.05, 4.69) is 12.2 Å². The lowest BCUT2D eigenvalue weighted by Gasteiger charge is -2.05. The fourth-order valence-corrected chi connectivity index (χ4v) is 0.549. The highest BCUT2D eigenvalue weighted by Crippen LogP contribution is 1.85. The minimum Gasteiger partial charge on any atom is -0.394 e. The van der Waals surface area contributed by atoms with E-state index >= 15 is 0 Å². The topological polar surface area (TPSA) is 32.3 Å².